The summed E-state index contributed by atoms with van der Waals surface area (Å²) in [6.07, 6.45) is 4.86. The normalized spacial score (nSPS) is 21.9. The van der Waals surface area contributed by atoms with E-state index in [1.165, 1.54) is 0 Å². The van der Waals surface area contributed by atoms with E-state index in [-0.39, 0.29) is 54.5 Å². The minimum absolute atomic E-state index is 0. The Bertz CT molecular complexity index is 467. The van der Waals surface area contributed by atoms with Crippen molar-refractivity contribution in [1.82, 2.24) is 9.88 Å². The van der Waals surface area contributed by atoms with Crippen LogP contribution in [0.5, 0.6) is 0 Å². The first-order chi connectivity index (χ1) is 9.08. The molecule has 1 fully saturated rings. The molecule has 0 radical (unpaired) electrons. The number of carbonyl (C=O) groups is 2. The van der Waals surface area contributed by atoms with E-state index in [4.69, 9.17) is 0 Å². The second kappa shape index (κ2) is 7.76. The predicted octanol–water partition coefficient (Wildman–Crippen LogP) is -2.99. The van der Waals surface area contributed by atoms with Gasteiger partial charge in [-0.15, -0.1) is 0 Å². The maximum atomic E-state index is 12.2. The molecule has 1 saturated heterocycles. The second-order valence-electron chi connectivity index (χ2n) is 5.03. The molecule has 1 aliphatic rings. The first-order valence-electron chi connectivity index (χ1n) is 6.47. The smallest absolute Gasteiger partial charge is 0.550 e. The minimum atomic E-state index is -1.06. The van der Waals surface area contributed by atoms with E-state index in [2.05, 4.69) is 4.98 Å². The van der Waals surface area contributed by atoms with Crippen LogP contribution in [-0.2, 0) is 16.0 Å². The van der Waals surface area contributed by atoms with Gasteiger partial charge in [0.1, 0.15) is 0 Å². The maximum Gasteiger partial charge on any atom is 1.00 e. The van der Waals surface area contributed by atoms with Crippen LogP contribution in [0.2, 0.25) is 0 Å². The van der Waals surface area contributed by atoms with Gasteiger partial charge in [-0.1, -0.05) is 6.07 Å². The molecule has 0 saturated carbocycles. The number of carboxylic acid groups (broad SMARTS) is 1. The van der Waals surface area contributed by atoms with Gasteiger partial charge in [-0.2, -0.15) is 0 Å². The fraction of sp³-hybridized carbons (Fsp3) is 0.500. The van der Waals surface area contributed by atoms with E-state index < -0.39 is 11.9 Å². The number of hydrogen-bond acceptors (Lipinski definition) is 4. The first kappa shape index (κ1) is 17.1. The number of aromatic nitrogens is 1. The van der Waals surface area contributed by atoms with Gasteiger partial charge in [0.05, 0.1) is 6.42 Å². The third kappa shape index (κ3) is 4.30. The Morgan fingerprint density at radius 2 is 2.20 bits per heavy atom. The largest absolute Gasteiger partial charge is 1.00 e. The predicted molar refractivity (Wildman–Crippen MR) is 66.8 cm³/mol. The summed E-state index contributed by atoms with van der Waals surface area (Å²) in [4.78, 5) is 28.8. The van der Waals surface area contributed by atoms with Gasteiger partial charge in [-0.25, -0.2) is 0 Å². The number of likely N-dealkylation sites (tertiary alicyclic amines) is 1. The topological polar surface area (TPSA) is 73.3 Å². The fourth-order valence-corrected chi connectivity index (χ4v) is 2.43. The zero-order valence-electron chi connectivity index (χ0n) is 11.9. The Kier molecular flexibility index (Phi) is 6.65. The number of carbonyl (C=O) groups excluding carboxylic acids is 2. The van der Waals surface area contributed by atoms with Crippen molar-refractivity contribution in [2.45, 2.75) is 32.2 Å². The molecular weight excluding hydrogens is 267 g/mol. The van der Waals surface area contributed by atoms with Crippen LogP contribution in [-0.4, -0.2) is 34.3 Å². The van der Waals surface area contributed by atoms with Crippen LogP contribution in [0.4, 0.5) is 0 Å². The van der Waals surface area contributed by atoms with Gasteiger partial charge in [0, 0.05) is 36.9 Å². The Morgan fingerprint density at radius 1 is 1.45 bits per heavy atom. The van der Waals surface area contributed by atoms with Gasteiger partial charge < -0.3 is 14.8 Å². The molecule has 1 aromatic rings. The van der Waals surface area contributed by atoms with Crippen LogP contribution in [0.3, 0.4) is 0 Å². The van der Waals surface area contributed by atoms with Crippen molar-refractivity contribution in [3.8, 4) is 0 Å². The number of nitrogens with zero attached hydrogens (tertiary/aromatic N) is 2. The molecule has 102 valence electrons. The van der Waals surface area contributed by atoms with Crippen molar-refractivity contribution in [3.05, 3.63) is 30.1 Å². The zero-order chi connectivity index (χ0) is 13.8. The van der Waals surface area contributed by atoms with Crippen molar-refractivity contribution >= 4 is 11.9 Å². The SMILES string of the molecule is C[C@@H]1CC[C@H](C(=O)[O-])CN1C(=O)Cc1cccnc1.[Na+]. The molecule has 20 heavy (non-hydrogen) atoms. The van der Waals surface area contributed by atoms with E-state index in [1.807, 2.05) is 13.0 Å². The summed E-state index contributed by atoms with van der Waals surface area (Å²) in [5, 5.41) is 10.9. The Labute approximate surface area is 140 Å². The van der Waals surface area contributed by atoms with E-state index in [0.717, 1.165) is 5.56 Å². The van der Waals surface area contributed by atoms with Gasteiger partial charge in [-0.3, -0.25) is 9.78 Å². The molecule has 0 bridgehead atoms. The van der Waals surface area contributed by atoms with Gasteiger partial charge in [-0.05, 0) is 31.4 Å². The number of pyridine rings is 1. The molecule has 2 atom stereocenters. The summed E-state index contributed by atoms with van der Waals surface area (Å²) in [6, 6.07) is 3.71. The zero-order valence-corrected chi connectivity index (χ0v) is 13.9. The Hall–Kier alpha value is -0.910. The van der Waals surface area contributed by atoms with E-state index in [0.29, 0.717) is 12.8 Å². The van der Waals surface area contributed by atoms with Crippen LogP contribution in [0.1, 0.15) is 25.3 Å². The molecular formula is C14H17N2NaO3. The van der Waals surface area contributed by atoms with Crippen molar-refractivity contribution < 1.29 is 44.3 Å². The molecule has 0 aliphatic carbocycles. The van der Waals surface area contributed by atoms with Crippen molar-refractivity contribution in [1.29, 1.82) is 0 Å². The summed E-state index contributed by atoms with van der Waals surface area (Å²) in [6.45, 7) is 2.20. The van der Waals surface area contributed by atoms with Crippen LogP contribution in [0, 0.1) is 5.92 Å². The number of hydrogen-bond donors (Lipinski definition) is 0. The number of amides is 1. The van der Waals surface area contributed by atoms with Gasteiger partial charge in [0.15, 0.2) is 0 Å². The molecule has 5 nitrogen and oxygen atoms in total. The number of carboxylic acids is 1. The third-order valence-electron chi connectivity index (χ3n) is 3.61. The molecule has 0 unspecified atom stereocenters. The van der Waals surface area contributed by atoms with E-state index in [9.17, 15) is 14.7 Å². The standard InChI is InChI=1S/C14H18N2O3.Na/c1-10-4-5-12(14(18)19)9-16(10)13(17)7-11-3-2-6-15-8-11;/h2-3,6,8,10,12H,4-5,7,9H2,1H3,(H,18,19);/q;+1/p-1/t10-,12+;/m1./s1. The molecule has 1 aliphatic heterocycles. The molecule has 1 aromatic heterocycles. The molecule has 2 rings (SSSR count). The van der Waals surface area contributed by atoms with E-state index >= 15 is 0 Å². The number of rotatable bonds is 3. The van der Waals surface area contributed by atoms with E-state index in [1.54, 1.807) is 23.4 Å². The van der Waals surface area contributed by atoms with Crippen LogP contribution >= 0.6 is 0 Å². The summed E-state index contributed by atoms with van der Waals surface area (Å²) in [5.74, 6) is -1.66. The molecule has 6 heteroatoms. The summed E-state index contributed by atoms with van der Waals surface area (Å²) in [5.41, 5.74) is 0.843. The molecule has 2 heterocycles. The molecule has 0 spiro atoms. The average molecular weight is 284 g/mol. The van der Waals surface area contributed by atoms with Crippen LogP contribution in [0.15, 0.2) is 24.5 Å². The molecule has 0 N–H and O–H groups in total. The van der Waals surface area contributed by atoms with Crippen LogP contribution < -0.4 is 34.7 Å². The third-order valence-corrected chi connectivity index (χ3v) is 3.61. The van der Waals surface area contributed by atoms with Gasteiger partial charge >= 0.3 is 29.6 Å². The first-order valence-corrected chi connectivity index (χ1v) is 6.47. The summed E-state index contributed by atoms with van der Waals surface area (Å²) < 4.78 is 0. The van der Waals surface area contributed by atoms with Crippen molar-refractivity contribution in [2.75, 3.05) is 6.54 Å². The monoisotopic (exact) mass is 284 g/mol. The quantitative estimate of drug-likeness (QED) is 0.555. The number of aliphatic carboxylic acids is 1. The minimum Gasteiger partial charge on any atom is -0.550 e. The summed E-state index contributed by atoms with van der Waals surface area (Å²) >= 11 is 0. The van der Waals surface area contributed by atoms with Gasteiger partial charge in [0.25, 0.3) is 0 Å². The van der Waals surface area contributed by atoms with Gasteiger partial charge in [0.2, 0.25) is 5.91 Å². The Morgan fingerprint density at radius 3 is 2.80 bits per heavy atom. The molecule has 0 aromatic carbocycles. The van der Waals surface area contributed by atoms with Crippen molar-refractivity contribution in [2.24, 2.45) is 5.92 Å². The maximum absolute atomic E-state index is 12.2. The van der Waals surface area contributed by atoms with Crippen molar-refractivity contribution in [3.63, 3.8) is 0 Å². The fourth-order valence-electron chi connectivity index (χ4n) is 2.43. The molecule has 1 amide bonds. The Balaban J connectivity index is 0.00000200. The van der Waals surface area contributed by atoms with Crippen LogP contribution in [0.25, 0.3) is 0 Å². The second-order valence-corrected chi connectivity index (χ2v) is 5.03. The average Bonchev–Trinajstić information content (AvgIpc) is 2.40. The summed E-state index contributed by atoms with van der Waals surface area (Å²) in [7, 11) is 0. The number of piperidine rings is 1.